The van der Waals surface area contributed by atoms with Crippen LogP contribution in [0.2, 0.25) is 0 Å². The van der Waals surface area contributed by atoms with Gasteiger partial charge in [-0.1, -0.05) is 38.1 Å². The Morgan fingerprint density at radius 2 is 0.965 bits per heavy atom. The van der Waals surface area contributed by atoms with Crippen molar-refractivity contribution in [2.24, 2.45) is 0 Å². The van der Waals surface area contributed by atoms with Crippen LogP contribution in [0.5, 0.6) is 11.5 Å². The molecule has 14 nitrogen and oxygen atoms in total. The first-order valence-corrected chi connectivity index (χ1v) is 19.6. The molecule has 2 aromatic heterocycles. The first-order chi connectivity index (χ1) is 27.4. The number of hydrogen-bond donors (Lipinski definition) is 4. The normalized spacial score (nSPS) is 13.7. The monoisotopic (exact) mass is 778 g/mol. The number of hydrogen-bond acceptors (Lipinski definition) is 12. The summed E-state index contributed by atoms with van der Waals surface area (Å²) in [5.41, 5.74) is 4.74. The number of rotatable bonds is 18. The average Bonchev–Trinajstić information content (AvgIpc) is 3.84. The standard InChI is InChI=1S/C43H50N6O8/c1-5-32(50)13-11-19-40(52)56-26(3)28-21-30(42(54)38(24-28)48-44-34-15-7-8-16-35(34)45-48)23-31-22-29(27(4)57-41(53)20-12-14-33(51)6-2)25-39(43(31)55)49-46-36-17-9-10-18-37(36)47-49/h7-10,15-18,21-22,24-27,32-33,50-51,54-55H,5-6,11-14,19-20,23H2,1-4H3. The summed E-state index contributed by atoms with van der Waals surface area (Å²) in [6.45, 7) is 7.23. The van der Waals surface area contributed by atoms with Gasteiger partial charge in [-0.2, -0.15) is 0 Å². The third-order valence-electron chi connectivity index (χ3n) is 10.1. The molecule has 4 atom stereocenters. The smallest absolute Gasteiger partial charge is 0.306 e. The topological polar surface area (TPSA) is 195 Å². The molecule has 0 saturated carbocycles. The predicted octanol–water partition coefficient (Wildman–Crippen LogP) is 7.25. The van der Waals surface area contributed by atoms with E-state index in [2.05, 4.69) is 20.4 Å². The van der Waals surface area contributed by atoms with E-state index in [0.29, 0.717) is 82.8 Å². The molecular weight excluding hydrogens is 729 g/mol. The number of aromatic nitrogens is 6. The first-order valence-electron chi connectivity index (χ1n) is 19.6. The van der Waals surface area contributed by atoms with Gasteiger partial charge in [-0.05, 0) is 112 Å². The molecule has 300 valence electrons. The molecule has 57 heavy (non-hydrogen) atoms. The van der Waals surface area contributed by atoms with Gasteiger partial charge in [0.2, 0.25) is 0 Å². The van der Waals surface area contributed by atoms with Gasteiger partial charge in [0.1, 0.15) is 57.1 Å². The van der Waals surface area contributed by atoms with Crippen LogP contribution in [0.3, 0.4) is 0 Å². The molecule has 0 aliphatic carbocycles. The van der Waals surface area contributed by atoms with E-state index in [1.165, 1.54) is 9.59 Å². The Morgan fingerprint density at radius 1 is 0.614 bits per heavy atom. The van der Waals surface area contributed by atoms with Gasteiger partial charge in [-0.25, -0.2) is 0 Å². The third kappa shape index (κ3) is 9.94. The second kappa shape index (κ2) is 18.4. The predicted molar refractivity (Wildman–Crippen MR) is 213 cm³/mol. The number of carbonyl (C=O) groups is 2. The first kappa shape index (κ1) is 40.8. The third-order valence-corrected chi connectivity index (χ3v) is 10.1. The quantitative estimate of drug-likeness (QED) is 0.0640. The summed E-state index contributed by atoms with van der Waals surface area (Å²) in [6.07, 6.45) is 0.934. The van der Waals surface area contributed by atoms with E-state index in [4.69, 9.17) is 9.47 Å². The molecule has 4 aromatic carbocycles. The van der Waals surface area contributed by atoms with Crippen molar-refractivity contribution < 1.29 is 39.5 Å². The van der Waals surface area contributed by atoms with Crippen molar-refractivity contribution in [3.05, 3.63) is 95.1 Å². The zero-order valence-corrected chi connectivity index (χ0v) is 32.7. The molecule has 2 heterocycles. The van der Waals surface area contributed by atoms with E-state index in [1.54, 1.807) is 62.4 Å². The van der Waals surface area contributed by atoms with Crippen LogP contribution in [0.25, 0.3) is 33.4 Å². The maximum Gasteiger partial charge on any atom is 0.306 e. The van der Waals surface area contributed by atoms with Crippen LogP contribution in [0.15, 0.2) is 72.8 Å². The molecule has 0 aliphatic rings. The fourth-order valence-electron chi connectivity index (χ4n) is 6.61. The van der Waals surface area contributed by atoms with E-state index in [9.17, 15) is 30.0 Å². The van der Waals surface area contributed by atoms with Crippen molar-refractivity contribution >= 4 is 34.0 Å². The van der Waals surface area contributed by atoms with Crippen molar-refractivity contribution in [2.75, 3.05) is 0 Å². The van der Waals surface area contributed by atoms with Crippen LogP contribution in [-0.4, -0.2) is 74.6 Å². The molecule has 4 N–H and O–H groups in total. The molecule has 0 amide bonds. The summed E-state index contributed by atoms with van der Waals surface area (Å²) in [6, 6.07) is 21.3. The van der Waals surface area contributed by atoms with Gasteiger partial charge in [0.25, 0.3) is 0 Å². The number of benzene rings is 4. The largest absolute Gasteiger partial charge is 0.505 e. The molecule has 14 heteroatoms. The zero-order valence-electron chi connectivity index (χ0n) is 32.7. The van der Waals surface area contributed by atoms with E-state index >= 15 is 0 Å². The molecule has 0 saturated heterocycles. The lowest BCUT2D eigenvalue weighted by molar-refractivity contribution is -0.149. The summed E-state index contributed by atoms with van der Waals surface area (Å²) in [5.74, 6) is -1.17. The van der Waals surface area contributed by atoms with Gasteiger partial charge >= 0.3 is 11.9 Å². The Hall–Kier alpha value is -5.86. The van der Waals surface area contributed by atoms with Gasteiger partial charge in [0, 0.05) is 30.4 Å². The number of phenols is 2. The Bertz CT molecular complexity index is 2110. The fraction of sp³-hybridized carbons (Fsp3) is 0.395. The maximum absolute atomic E-state index is 12.9. The lowest BCUT2D eigenvalue weighted by Crippen LogP contribution is -2.12. The van der Waals surface area contributed by atoms with Gasteiger partial charge < -0.3 is 29.9 Å². The maximum atomic E-state index is 12.9. The molecule has 0 aliphatic heterocycles. The van der Waals surface area contributed by atoms with E-state index in [1.807, 2.05) is 38.1 Å². The molecule has 4 unspecified atom stereocenters. The number of carbonyl (C=O) groups excluding carboxylic acids is 2. The molecule has 6 aromatic rings. The molecule has 0 bridgehead atoms. The minimum Gasteiger partial charge on any atom is -0.505 e. The Morgan fingerprint density at radius 3 is 1.30 bits per heavy atom. The highest BCUT2D eigenvalue weighted by atomic mass is 16.5. The average molecular weight is 779 g/mol. The number of aromatic hydroxyl groups is 2. The highest BCUT2D eigenvalue weighted by Gasteiger charge is 2.24. The van der Waals surface area contributed by atoms with Crippen molar-refractivity contribution in [2.45, 2.75) is 110 Å². The summed E-state index contributed by atoms with van der Waals surface area (Å²) in [5, 5.41) is 62.0. The summed E-state index contributed by atoms with van der Waals surface area (Å²) in [7, 11) is 0. The van der Waals surface area contributed by atoms with Crippen LogP contribution in [0.1, 0.15) is 114 Å². The van der Waals surface area contributed by atoms with Crippen molar-refractivity contribution in [1.82, 2.24) is 30.0 Å². The zero-order chi connectivity index (χ0) is 40.6. The van der Waals surface area contributed by atoms with Crippen molar-refractivity contribution in [3.8, 4) is 22.9 Å². The molecule has 0 fully saturated rings. The summed E-state index contributed by atoms with van der Waals surface area (Å²) in [4.78, 5) is 28.4. The second-order valence-electron chi connectivity index (χ2n) is 14.4. The highest BCUT2D eigenvalue weighted by molar-refractivity contribution is 5.75. The van der Waals surface area contributed by atoms with E-state index in [-0.39, 0.29) is 42.1 Å². The van der Waals surface area contributed by atoms with Gasteiger partial charge in [0.15, 0.2) is 0 Å². The Kier molecular flexibility index (Phi) is 13.2. The van der Waals surface area contributed by atoms with Crippen LogP contribution in [0.4, 0.5) is 0 Å². The number of phenolic OH excluding ortho intramolecular Hbond substituents is 2. The number of nitrogens with zero attached hydrogens (tertiary/aromatic N) is 6. The molecule has 0 spiro atoms. The molecule has 6 rings (SSSR count). The fourth-order valence-corrected chi connectivity index (χ4v) is 6.61. The molecular formula is C43H50N6O8. The number of aliphatic hydroxyl groups is 2. The summed E-state index contributed by atoms with van der Waals surface area (Å²) < 4.78 is 11.7. The van der Waals surface area contributed by atoms with Gasteiger partial charge in [0.05, 0.1) is 12.2 Å². The van der Waals surface area contributed by atoms with Crippen LogP contribution in [-0.2, 0) is 25.5 Å². The SMILES string of the molecule is CCC(O)CCCC(=O)OC(C)c1cc(Cc2cc(C(C)OC(=O)CCCC(O)CC)cc(-n3nc4ccccc4n3)c2O)c(O)c(-n2nc3ccccc3n2)c1. The highest BCUT2D eigenvalue weighted by Crippen LogP contribution is 2.38. The van der Waals surface area contributed by atoms with E-state index in [0.717, 1.165) is 0 Å². The Labute approximate surface area is 330 Å². The lowest BCUT2D eigenvalue weighted by atomic mass is 9.95. The van der Waals surface area contributed by atoms with Crippen molar-refractivity contribution in [3.63, 3.8) is 0 Å². The van der Waals surface area contributed by atoms with Crippen molar-refractivity contribution in [1.29, 1.82) is 0 Å². The van der Waals surface area contributed by atoms with Crippen LogP contribution in [0, 0.1) is 0 Å². The number of esters is 2. The number of ether oxygens (including phenoxy) is 2. The lowest BCUT2D eigenvalue weighted by Gasteiger charge is -2.20. The van der Waals surface area contributed by atoms with Crippen LogP contribution >= 0.6 is 0 Å². The van der Waals surface area contributed by atoms with Gasteiger partial charge in [-0.3, -0.25) is 9.59 Å². The van der Waals surface area contributed by atoms with E-state index < -0.39 is 36.4 Å². The minimum atomic E-state index is -0.745. The number of aliphatic hydroxyl groups excluding tert-OH is 2. The minimum absolute atomic E-state index is 0.0218. The van der Waals surface area contributed by atoms with Gasteiger partial charge in [-0.15, -0.1) is 30.0 Å². The Balaban J connectivity index is 1.38. The summed E-state index contributed by atoms with van der Waals surface area (Å²) >= 11 is 0. The number of fused-ring (bicyclic) bond motifs is 2. The second-order valence-corrected chi connectivity index (χ2v) is 14.4. The van der Waals surface area contributed by atoms with Crippen LogP contribution < -0.4 is 0 Å². The molecule has 0 radical (unpaired) electrons.